The van der Waals surface area contributed by atoms with Crippen LogP contribution in [0.3, 0.4) is 0 Å². The summed E-state index contributed by atoms with van der Waals surface area (Å²) in [6, 6.07) is 23.7. The second-order valence-corrected chi connectivity index (χ2v) is 7.13. The Bertz CT molecular complexity index is 1190. The molecule has 4 rings (SSSR count). The highest BCUT2D eigenvalue weighted by Gasteiger charge is 2.08. The number of hydrogen-bond acceptors (Lipinski definition) is 5. The number of para-hydroxylation sites is 2. The summed E-state index contributed by atoms with van der Waals surface area (Å²) < 4.78 is 5.73. The molecule has 29 heavy (non-hydrogen) atoms. The lowest BCUT2D eigenvalue weighted by molar-refractivity contribution is -0.113. The first-order valence-corrected chi connectivity index (χ1v) is 9.91. The lowest BCUT2D eigenvalue weighted by Gasteiger charge is -2.08. The lowest BCUT2D eigenvalue weighted by atomic mass is 10.2. The Balaban J connectivity index is 1.34. The fourth-order valence-corrected chi connectivity index (χ4v) is 3.36. The summed E-state index contributed by atoms with van der Waals surface area (Å²) in [6.45, 7) is 0. The van der Waals surface area contributed by atoms with Crippen molar-refractivity contribution in [2.45, 2.75) is 5.16 Å². The molecule has 0 aliphatic heterocycles. The number of fused-ring (bicyclic) bond motifs is 1. The van der Waals surface area contributed by atoms with Gasteiger partial charge in [-0.3, -0.25) is 9.59 Å². The highest BCUT2D eigenvalue weighted by atomic mass is 32.2. The van der Waals surface area contributed by atoms with Crippen molar-refractivity contribution in [3.8, 4) is 11.5 Å². The van der Waals surface area contributed by atoms with Gasteiger partial charge in [0.15, 0.2) is 5.16 Å². The topological polar surface area (TPSA) is 84.1 Å². The molecule has 2 N–H and O–H groups in total. The second-order valence-electron chi connectivity index (χ2n) is 6.16. The third-order valence-corrected chi connectivity index (χ3v) is 4.92. The predicted molar refractivity (Wildman–Crippen MR) is 115 cm³/mol. The Hall–Kier alpha value is -3.58. The number of benzene rings is 3. The van der Waals surface area contributed by atoms with Crippen molar-refractivity contribution in [1.82, 2.24) is 9.97 Å². The van der Waals surface area contributed by atoms with Crippen LogP contribution in [0.1, 0.15) is 0 Å². The average Bonchev–Trinajstić information content (AvgIpc) is 2.74. The molecule has 1 heterocycles. The highest BCUT2D eigenvalue weighted by Crippen LogP contribution is 2.23. The first kappa shape index (κ1) is 18.8. The molecule has 7 heteroatoms. The number of amides is 1. The van der Waals surface area contributed by atoms with Gasteiger partial charge in [-0.15, -0.1) is 0 Å². The smallest absolute Gasteiger partial charge is 0.259 e. The zero-order chi connectivity index (χ0) is 20.1. The number of thioether (sulfide) groups is 1. The van der Waals surface area contributed by atoms with Crippen LogP contribution < -0.4 is 15.6 Å². The van der Waals surface area contributed by atoms with Crippen molar-refractivity contribution in [1.29, 1.82) is 0 Å². The third-order valence-electron chi connectivity index (χ3n) is 4.05. The number of nitrogens with one attached hydrogen (secondary N) is 2. The number of ether oxygens (including phenoxy) is 1. The summed E-state index contributed by atoms with van der Waals surface area (Å²) in [5.41, 5.74) is 1.05. The van der Waals surface area contributed by atoms with Gasteiger partial charge >= 0.3 is 0 Å². The maximum absolute atomic E-state index is 12.2. The van der Waals surface area contributed by atoms with Crippen molar-refractivity contribution in [3.05, 3.63) is 89.2 Å². The van der Waals surface area contributed by atoms with E-state index >= 15 is 0 Å². The molecule has 0 radical (unpaired) electrons. The van der Waals surface area contributed by atoms with Crippen LogP contribution in [0.2, 0.25) is 0 Å². The fourth-order valence-electron chi connectivity index (χ4n) is 2.70. The van der Waals surface area contributed by atoms with Crippen molar-refractivity contribution in [2.75, 3.05) is 11.1 Å². The van der Waals surface area contributed by atoms with Gasteiger partial charge in [0.25, 0.3) is 5.56 Å². The zero-order valence-corrected chi connectivity index (χ0v) is 16.1. The van der Waals surface area contributed by atoms with E-state index in [1.165, 1.54) is 11.8 Å². The molecular formula is C22H17N3O3S. The summed E-state index contributed by atoms with van der Waals surface area (Å²) in [7, 11) is 0. The average molecular weight is 403 g/mol. The standard InChI is InChI=1S/C22H17N3O3S/c26-20(14-29-22-24-19-9-5-4-8-18(19)21(27)25-22)23-15-10-12-17(13-11-15)28-16-6-2-1-3-7-16/h1-13H,14H2,(H,23,26)(H,24,25,27). The Morgan fingerprint density at radius 3 is 2.41 bits per heavy atom. The van der Waals surface area contributed by atoms with E-state index in [4.69, 9.17) is 4.74 Å². The van der Waals surface area contributed by atoms with Crippen LogP contribution in [0.5, 0.6) is 11.5 Å². The molecule has 6 nitrogen and oxygen atoms in total. The maximum atomic E-state index is 12.2. The van der Waals surface area contributed by atoms with E-state index in [9.17, 15) is 9.59 Å². The Kier molecular flexibility index (Phi) is 5.58. The van der Waals surface area contributed by atoms with Crippen LogP contribution in [0.25, 0.3) is 10.9 Å². The van der Waals surface area contributed by atoms with Crippen molar-refractivity contribution < 1.29 is 9.53 Å². The first-order chi connectivity index (χ1) is 14.2. The molecule has 0 saturated carbocycles. The molecule has 0 aliphatic rings. The second kappa shape index (κ2) is 8.62. The van der Waals surface area contributed by atoms with Gasteiger partial charge in [0.2, 0.25) is 5.91 Å². The van der Waals surface area contributed by atoms with Gasteiger partial charge < -0.3 is 15.0 Å². The summed E-state index contributed by atoms with van der Waals surface area (Å²) in [4.78, 5) is 31.4. The molecule has 0 atom stereocenters. The number of rotatable bonds is 6. The number of nitrogens with zero attached hydrogens (tertiary/aromatic N) is 1. The molecular weight excluding hydrogens is 386 g/mol. The number of carbonyl (C=O) groups is 1. The number of H-pyrrole nitrogens is 1. The molecule has 0 unspecified atom stereocenters. The predicted octanol–water partition coefficient (Wildman–Crippen LogP) is 4.45. The molecule has 0 saturated heterocycles. The fraction of sp³-hybridized carbons (Fsp3) is 0.0455. The van der Waals surface area contributed by atoms with Crippen molar-refractivity contribution in [3.63, 3.8) is 0 Å². The largest absolute Gasteiger partial charge is 0.457 e. The number of aromatic nitrogens is 2. The minimum atomic E-state index is -0.215. The van der Waals surface area contributed by atoms with Gasteiger partial charge in [0.05, 0.1) is 16.7 Å². The van der Waals surface area contributed by atoms with Crippen LogP contribution in [0.15, 0.2) is 88.8 Å². The van der Waals surface area contributed by atoms with E-state index in [1.54, 1.807) is 42.5 Å². The van der Waals surface area contributed by atoms with Crippen LogP contribution >= 0.6 is 11.8 Å². The molecule has 3 aromatic carbocycles. The van der Waals surface area contributed by atoms with Crippen molar-refractivity contribution >= 4 is 34.3 Å². The minimum Gasteiger partial charge on any atom is -0.457 e. The van der Waals surface area contributed by atoms with Gasteiger partial charge in [-0.05, 0) is 48.5 Å². The molecule has 0 fully saturated rings. The van der Waals surface area contributed by atoms with E-state index in [2.05, 4.69) is 15.3 Å². The van der Waals surface area contributed by atoms with Crippen LogP contribution in [0.4, 0.5) is 5.69 Å². The van der Waals surface area contributed by atoms with Gasteiger partial charge in [0, 0.05) is 5.69 Å². The third kappa shape index (κ3) is 4.83. The van der Waals surface area contributed by atoms with E-state index in [1.807, 2.05) is 36.4 Å². The first-order valence-electron chi connectivity index (χ1n) is 8.92. The summed E-state index contributed by atoms with van der Waals surface area (Å²) in [5, 5.41) is 3.76. The Morgan fingerprint density at radius 1 is 0.931 bits per heavy atom. The molecule has 1 amide bonds. The molecule has 4 aromatic rings. The van der Waals surface area contributed by atoms with Crippen LogP contribution in [-0.2, 0) is 4.79 Å². The van der Waals surface area contributed by atoms with E-state index in [0.29, 0.717) is 27.5 Å². The number of carbonyl (C=O) groups excluding carboxylic acids is 1. The van der Waals surface area contributed by atoms with Gasteiger partial charge in [0.1, 0.15) is 11.5 Å². The monoisotopic (exact) mass is 403 g/mol. The molecule has 144 valence electrons. The summed E-state index contributed by atoms with van der Waals surface area (Å²) in [6.07, 6.45) is 0. The highest BCUT2D eigenvalue weighted by molar-refractivity contribution is 7.99. The summed E-state index contributed by atoms with van der Waals surface area (Å²) >= 11 is 1.18. The zero-order valence-electron chi connectivity index (χ0n) is 15.3. The van der Waals surface area contributed by atoms with E-state index < -0.39 is 0 Å². The normalized spacial score (nSPS) is 10.6. The number of anilines is 1. The summed E-state index contributed by atoms with van der Waals surface area (Å²) in [5.74, 6) is 1.37. The van der Waals surface area contributed by atoms with Crippen molar-refractivity contribution in [2.24, 2.45) is 0 Å². The minimum absolute atomic E-state index is 0.129. The SMILES string of the molecule is O=C(CSc1nc2ccccc2c(=O)[nH]1)Nc1ccc(Oc2ccccc2)cc1. The van der Waals surface area contributed by atoms with Gasteiger partial charge in [-0.2, -0.15) is 0 Å². The molecule has 0 aliphatic carbocycles. The molecule has 0 bridgehead atoms. The Labute approximate surface area is 171 Å². The Morgan fingerprint density at radius 2 is 1.62 bits per heavy atom. The van der Waals surface area contributed by atoms with Gasteiger partial charge in [-0.1, -0.05) is 42.1 Å². The van der Waals surface area contributed by atoms with E-state index in [-0.39, 0.29) is 17.2 Å². The molecule has 0 spiro atoms. The lowest BCUT2D eigenvalue weighted by Crippen LogP contribution is -2.15. The number of hydrogen-bond donors (Lipinski definition) is 2. The quantitative estimate of drug-likeness (QED) is 0.367. The number of aromatic amines is 1. The van der Waals surface area contributed by atoms with Gasteiger partial charge in [-0.25, -0.2) is 4.98 Å². The maximum Gasteiger partial charge on any atom is 0.259 e. The van der Waals surface area contributed by atoms with Crippen LogP contribution in [0, 0.1) is 0 Å². The molecule has 1 aromatic heterocycles. The van der Waals surface area contributed by atoms with Crippen LogP contribution in [-0.4, -0.2) is 21.6 Å². The van der Waals surface area contributed by atoms with E-state index in [0.717, 1.165) is 5.75 Å².